The molecule has 1 aromatic rings. The zero-order chi connectivity index (χ0) is 19.5. The van der Waals surface area contributed by atoms with E-state index in [0.717, 1.165) is 45.0 Å². The molecule has 0 bridgehead atoms. The minimum Gasteiger partial charge on any atom is -0.357 e. The standard InChI is InChI=1S/C19H33N5O2S.HI/c1-3-20-19(21-12-7-13-22-27(2,25)26)23-18-10-14-24(15-11-18)16-17-8-5-4-6-9-17;/h4-6,8-9,18,22H,3,7,10-16H2,1-2H3,(H2,20,21,23);1H. The van der Waals surface area contributed by atoms with Gasteiger partial charge < -0.3 is 10.6 Å². The fourth-order valence-electron chi connectivity index (χ4n) is 3.12. The predicted molar refractivity (Wildman–Crippen MR) is 127 cm³/mol. The number of sulfonamides is 1. The van der Waals surface area contributed by atoms with Crippen LogP contribution in [0.1, 0.15) is 31.7 Å². The highest BCUT2D eigenvalue weighted by atomic mass is 127. The molecule has 1 fully saturated rings. The van der Waals surface area contributed by atoms with E-state index in [1.807, 2.05) is 6.92 Å². The summed E-state index contributed by atoms with van der Waals surface area (Å²) in [6.45, 7) is 7.01. The highest BCUT2D eigenvalue weighted by molar-refractivity contribution is 14.0. The monoisotopic (exact) mass is 523 g/mol. The third-order valence-corrected chi connectivity index (χ3v) is 5.22. The quantitative estimate of drug-likeness (QED) is 0.199. The largest absolute Gasteiger partial charge is 0.357 e. The number of rotatable bonds is 9. The van der Waals surface area contributed by atoms with Crippen molar-refractivity contribution in [2.75, 3.05) is 39.0 Å². The first-order valence-electron chi connectivity index (χ1n) is 9.72. The van der Waals surface area contributed by atoms with Crippen molar-refractivity contribution in [2.24, 2.45) is 4.99 Å². The molecule has 0 aromatic heterocycles. The number of aliphatic imine (C=N–C) groups is 1. The molecule has 1 aromatic carbocycles. The third-order valence-electron chi connectivity index (χ3n) is 4.49. The van der Waals surface area contributed by atoms with Crippen molar-refractivity contribution in [1.82, 2.24) is 20.3 Å². The number of guanidine groups is 1. The number of hydrogen-bond donors (Lipinski definition) is 3. The van der Waals surface area contributed by atoms with Crippen LogP contribution in [0.4, 0.5) is 0 Å². The summed E-state index contributed by atoms with van der Waals surface area (Å²) < 4.78 is 24.6. The van der Waals surface area contributed by atoms with Crippen LogP contribution in [0.2, 0.25) is 0 Å². The van der Waals surface area contributed by atoms with Crippen molar-refractivity contribution < 1.29 is 8.42 Å². The second-order valence-corrected chi connectivity index (χ2v) is 8.79. The molecule has 0 spiro atoms. The van der Waals surface area contributed by atoms with E-state index < -0.39 is 10.0 Å². The Kier molecular flexibility index (Phi) is 12.0. The fraction of sp³-hybridized carbons (Fsp3) is 0.632. The van der Waals surface area contributed by atoms with Crippen LogP contribution >= 0.6 is 24.0 Å². The van der Waals surface area contributed by atoms with E-state index in [9.17, 15) is 8.42 Å². The molecule has 0 saturated carbocycles. The summed E-state index contributed by atoms with van der Waals surface area (Å²) in [4.78, 5) is 7.05. The minimum absolute atomic E-state index is 0. The SMILES string of the molecule is CCNC(=NCCCNS(C)(=O)=O)NC1CCN(Cc2ccccc2)CC1.I. The number of likely N-dealkylation sites (tertiary alicyclic amines) is 1. The normalized spacial score (nSPS) is 16.4. The molecule has 0 atom stereocenters. The van der Waals surface area contributed by atoms with Crippen molar-refractivity contribution in [1.29, 1.82) is 0 Å². The molecule has 0 amide bonds. The Bertz CT molecular complexity index is 677. The van der Waals surface area contributed by atoms with Crippen molar-refractivity contribution in [3.63, 3.8) is 0 Å². The first-order chi connectivity index (χ1) is 13.0. The highest BCUT2D eigenvalue weighted by Crippen LogP contribution is 2.13. The Morgan fingerprint density at radius 2 is 1.89 bits per heavy atom. The van der Waals surface area contributed by atoms with Crippen LogP contribution in [0.15, 0.2) is 35.3 Å². The van der Waals surface area contributed by atoms with Crippen molar-refractivity contribution in [3.8, 4) is 0 Å². The Hall–Kier alpha value is -0.910. The van der Waals surface area contributed by atoms with E-state index in [1.165, 1.54) is 11.8 Å². The summed E-state index contributed by atoms with van der Waals surface area (Å²) in [7, 11) is -3.12. The van der Waals surface area contributed by atoms with Gasteiger partial charge in [-0.25, -0.2) is 13.1 Å². The zero-order valence-corrected chi connectivity index (χ0v) is 20.0. The molecule has 0 radical (unpaired) electrons. The molecule has 0 aliphatic carbocycles. The first-order valence-corrected chi connectivity index (χ1v) is 11.6. The molecule has 160 valence electrons. The van der Waals surface area contributed by atoms with Crippen molar-refractivity contribution in [2.45, 2.75) is 38.8 Å². The summed E-state index contributed by atoms with van der Waals surface area (Å²) in [5, 5.41) is 6.80. The van der Waals surface area contributed by atoms with E-state index in [2.05, 4.69) is 55.6 Å². The summed E-state index contributed by atoms with van der Waals surface area (Å²) in [6.07, 6.45) is 4.03. The summed E-state index contributed by atoms with van der Waals surface area (Å²) >= 11 is 0. The van der Waals surface area contributed by atoms with Crippen LogP contribution in [0.3, 0.4) is 0 Å². The van der Waals surface area contributed by atoms with Crippen molar-refractivity contribution in [3.05, 3.63) is 35.9 Å². The van der Waals surface area contributed by atoms with Gasteiger partial charge in [-0.3, -0.25) is 9.89 Å². The molecule has 1 aliphatic rings. The van der Waals surface area contributed by atoms with Gasteiger partial charge in [0.2, 0.25) is 10.0 Å². The van der Waals surface area contributed by atoms with Gasteiger partial charge in [0, 0.05) is 45.3 Å². The maximum Gasteiger partial charge on any atom is 0.208 e. The molecule has 3 N–H and O–H groups in total. The van der Waals surface area contributed by atoms with Gasteiger partial charge in [-0.2, -0.15) is 0 Å². The average molecular weight is 523 g/mol. The van der Waals surface area contributed by atoms with E-state index in [-0.39, 0.29) is 24.0 Å². The zero-order valence-electron chi connectivity index (χ0n) is 16.9. The number of hydrogen-bond acceptors (Lipinski definition) is 4. The molecule has 28 heavy (non-hydrogen) atoms. The Morgan fingerprint density at radius 1 is 1.21 bits per heavy atom. The van der Waals surface area contributed by atoms with Crippen LogP contribution in [0.25, 0.3) is 0 Å². The predicted octanol–water partition coefficient (Wildman–Crippen LogP) is 1.76. The first kappa shape index (κ1) is 25.1. The molecule has 0 unspecified atom stereocenters. The lowest BCUT2D eigenvalue weighted by Gasteiger charge is -2.33. The topological polar surface area (TPSA) is 85.8 Å². The van der Waals surface area contributed by atoms with E-state index in [1.54, 1.807) is 0 Å². The van der Waals surface area contributed by atoms with Crippen LogP contribution in [0, 0.1) is 0 Å². The summed E-state index contributed by atoms with van der Waals surface area (Å²) in [5.74, 6) is 0.818. The highest BCUT2D eigenvalue weighted by Gasteiger charge is 2.19. The smallest absolute Gasteiger partial charge is 0.208 e. The number of halogens is 1. The summed E-state index contributed by atoms with van der Waals surface area (Å²) in [5.41, 5.74) is 1.36. The van der Waals surface area contributed by atoms with E-state index >= 15 is 0 Å². The van der Waals surface area contributed by atoms with Gasteiger partial charge in [0.1, 0.15) is 0 Å². The van der Waals surface area contributed by atoms with Gasteiger partial charge in [-0.05, 0) is 31.7 Å². The lowest BCUT2D eigenvalue weighted by atomic mass is 10.0. The number of piperidine rings is 1. The lowest BCUT2D eigenvalue weighted by Crippen LogP contribution is -2.48. The van der Waals surface area contributed by atoms with Gasteiger partial charge >= 0.3 is 0 Å². The van der Waals surface area contributed by atoms with Gasteiger partial charge in [0.05, 0.1) is 6.26 Å². The molecule has 7 nitrogen and oxygen atoms in total. The summed E-state index contributed by atoms with van der Waals surface area (Å²) in [6, 6.07) is 11.0. The molecule has 2 rings (SSSR count). The maximum atomic E-state index is 11.1. The molecular formula is C19H34IN5O2S. The number of benzene rings is 1. The second-order valence-electron chi connectivity index (χ2n) is 6.96. The van der Waals surface area contributed by atoms with Crippen LogP contribution in [0.5, 0.6) is 0 Å². The average Bonchev–Trinajstić information content (AvgIpc) is 2.63. The molecule has 1 heterocycles. The van der Waals surface area contributed by atoms with Gasteiger partial charge in [-0.1, -0.05) is 30.3 Å². The van der Waals surface area contributed by atoms with Crippen LogP contribution < -0.4 is 15.4 Å². The Morgan fingerprint density at radius 3 is 2.50 bits per heavy atom. The molecular weight excluding hydrogens is 489 g/mol. The third kappa shape index (κ3) is 10.6. The van der Waals surface area contributed by atoms with Crippen LogP contribution in [-0.2, 0) is 16.6 Å². The molecule has 1 saturated heterocycles. The fourth-order valence-corrected chi connectivity index (χ4v) is 3.63. The van der Waals surface area contributed by atoms with Crippen molar-refractivity contribution >= 4 is 40.0 Å². The maximum absolute atomic E-state index is 11.1. The van der Waals surface area contributed by atoms with Gasteiger partial charge in [0.25, 0.3) is 0 Å². The molecule has 9 heteroatoms. The second kappa shape index (κ2) is 13.3. The minimum atomic E-state index is -3.12. The van der Waals surface area contributed by atoms with Crippen LogP contribution in [-0.4, -0.2) is 64.3 Å². The van der Waals surface area contributed by atoms with E-state index in [4.69, 9.17) is 0 Å². The molecule has 1 aliphatic heterocycles. The van der Waals surface area contributed by atoms with E-state index in [0.29, 0.717) is 25.6 Å². The number of nitrogens with zero attached hydrogens (tertiary/aromatic N) is 2. The Balaban J connectivity index is 0.00000392. The number of nitrogens with one attached hydrogen (secondary N) is 3. The lowest BCUT2D eigenvalue weighted by molar-refractivity contribution is 0.198. The Labute approximate surface area is 186 Å². The van der Waals surface area contributed by atoms with Gasteiger partial charge in [-0.15, -0.1) is 24.0 Å². The van der Waals surface area contributed by atoms with Gasteiger partial charge in [0.15, 0.2) is 5.96 Å².